The largest absolute Gasteiger partial charge is 0.309 e. The van der Waals surface area contributed by atoms with Crippen molar-refractivity contribution in [2.45, 2.75) is 52.3 Å². The molecule has 18 heavy (non-hydrogen) atoms. The van der Waals surface area contributed by atoms with E-state index < -0.39 is 0 Å². The number of thioether (sulfide) groups is 1. The van der Waals surface area contributed by atoms with Crippen LogP contribution < -0.4 is 5.32 Å². The Morgan fingerprint density at radius 2 is 1.67 bits per heavy atom. The summed E-state index contributed by atoms with van der Waals surface area (Å²) in [5.41, 5.74) is 5.60. The average Bonchev–Trinajstić information content (AvgIpc) is 2.25. The summed E-state index contributed by atoms with van der Waals surface area (Å²) >= 11 is 1.91. The maximum absolute atomic E-state index is 3.67. The molecule has 1 aromatic rings. The van der Waals surface area contributed by atoms with Crippen LogP contribution in [-0.2, 0) is 0 Å². The van der Waals surface area contributed by atoms with Crippen molar-refractivity contribution >= 4 is 11.8 Å². The Kier molecular flexibility index (Phi) is 5.30. The molecule has 0 fully saturated rings. The maximum atomic E-state index is 3.67. The minimum Gasteiger partial charge on any atom is -0.309 e. The topological polar surface area (TPSA) is 12.0 Å². The van der Waals surface area contributed by atoms with Gasteiger partial charge in [-0.25, -0.2) is 0 Å². The third-order valence-electron chi connectivity index (χ3n) is 3.56. The molecule has 102 valence electrons. The van der Waals surface area contributed by atoms with E-state index in [1.54, 1.807) is 0 Å². The zero-order valence-electron chi connectivity index (χ0n) is 12.8. The van der Waals surface area contributed by atoms with Gasteiger partial charge in [0.25, 0.3) is 0 Å². The van der Waals surface area contributed by atoms with E-state index in [2.05, 4.69) is 65.2 Å². The second kappa shape index (κ2) is 6.12. The SMILES string of the molecule is CSC(C)(C)CNC(C)c1c(C)cc(C)cc1C. The zero-order chi connectivity index (χ0) is 13.9. The van der Waals surface area contributed by atoms with E-state index >= 15 is 0 Å². The second-order valence-corrected chi connectivity index (χ2v) is 7.39. The molecule has 1 rings (SSSR count). The molecule has 0 aliphatic carbocycles. The fraction of sp³-hybridized carbons (Fsp3) is 0.625. The first-order valence-corrected chi connectivity index (χ1v) is 7.85. The first kappa shape index (κ1) is 15.6. The molecule has 0 spiro atoms. The van der Waals surface area contributed by atoms with Gasteiger partial charge in [-0.05, 0) is 64.5 Å². The Morgan fingerprint density at radius 3 is 2.11 bits per heavy atom. The quantitative estimate of drug-likeness (QED) is 0.846. The van der Waals surface area contributed by atoms with Gasteiger partial charge in [-0.2, -0.15) is 11.8 Å². The monoisotopic (exact) mass is 265 g/mol. The van der Waals surface area contributed by atoms with Crippen molar-refractivity contribution in [3.05, 3.63) is 34.4 Å². The molecule has 1 N–H and O–H groups in total. The van der Waals surface area contributed by atoms with Crippen LogP contribution in [0.3, 0.4) is 0 Å². The van der Waals surface area contributed by atoms with Gasteiger partial charge in [0.1, 0.15) is 0 Å². The third-order valence-corrected chi connectivity index (χ3v) is 4.81. The summed E-state index contributed by atoms with van der Waals surface area (Å²) in [6, 6.07) is 4.97. The lowest BCUT2D eigenvalue weighted by Gasteiger charge is -2.27. The molecule has 0 bridgehead atoms. The lowest BCUT2D eigenvalue weighted by Crippen LogP contribution is -2.34. The molecule has 0 aromatic heterocycles. The highest BCUT2D eigenvalue weighted by Crippen LogP contribution is 2.25. The molecule has 0 saturated carbocycles. The fourth-order valence-electron chi connectivity index (χ4n) is 2.45. The van der Waals surface area contributed by atoms with Gasteiger partial charge in [0.05, 0.1) is 0 Å². The number of aryl methyl sites for hydroxylation is 3. The van der Waals surface area contributed by atoms with Gasteiger partial charge in [-0.15, -0.1) is 0 Å². The fourth-order valence-corrected chi connectivity index (χ4v) is 2.67. The van der Waals surface area contributed by atoms with Crippen molar-refractivity contribution in [3.8, 4) is 0 Å². The van der Waals surface area contributed by atoms with Crippen molar-refractivity contribution in [1.82, 2.24) is 5.32 Å². The molecule has 0 aliphatic rings. The molecule has 2 heteroatoms. The minimum absolute atomic E-state index is 0.292. The van der Waals surface area contributed by atoms with Gasteiger partial charge < -0.3 is 5.32 Å². The Bertz CT molecular complexity index is 387. The molecule has 1 nitrogen and oxygen atoms in total. The Hall–Kier alpha value is -0.470. The highest BCUT2D eigenvalue weighted by molar-refractivity contribution is 7.99. The number of rotatable bonds is 5. The third kappa shape index (κ3) is 4.03. The predicted octanol–water partition coefficient (Wildman–Crippen LogP) is 4.40. The van der Waals surface area contributed by atoms with Crippen LogP contribution >= 0.6 is 11.8 Å². The summed E-state index contributed by atoms with van der Waals surface area (Å²) in [5, 5.41) is 3.67. The summed E-state index contributed by atoms with van der Waals surface area (Å²) in [6.45, 7) is 14.5. The van der Waals surface area contributed by atoms with Gasteiger partial charge >= 0.3 is 0 Å². The summed E-state index contributed by atoms with van der Waals surface area (Å²) in [6.07, 6.45) is 2.18. The molecule has 0 heterocycles. The number of hydrogen-bond donors (Lipinski definition) is 1. The van der Waals surface area contributed by atoms with Crippen LogP contribution in [0.4, 0.5) is 0 Å². The van der Waals surface area contributed by atoms with E-state index in [-0.39, 0.29) is 0 Å². The van der Waals surface area contributed by atoms with Crippen LogP contribution in [-0.4, -0.2) is 17.5 Å². The molecule has 1 atom stereocenters. The van der Waals surface area contributed by atoms with Crippen molar-refractivity contribution in [1.29, 1.82) is 0 Å². The normalized spacial score (nSPS) is 13.7. The number of benzene rings is 1. The van der Waals surface area contributed by atoms with E-state index in [0.717, 1.165) is 6.54 Å². The van der Waals surface area contributed by atoms with Crippen LogP contribution in [0.25, 0.3) is 0 Å². The first-order chi connectivity index (χ1) is 8.26. The minimum atomic E-state index is 0.292. The van der Waals surface area contributed by atoms with Gasteiger partial charge in [-0.1, -0.05) is 17.7 Å². The first-order valence-electron chi connectivity index (χ1n) is 6.63. The highest BCUT2D eigenvalue weighted by atomic mass is 32.2. The van der Waals surface area contributed by atoms with E-state index in [4.69, 9.17) is 0 Å². The standard InChI is InChI=1S/C16H27NS/c1-11-8-12(2)15(13(3)9-11)14(4)17-10-16(5,6)18-7/h8-9,14,17H,10H2,1-7H3. The van der Waals surface area contributed by atoms with Crippen molar-refractivity contribution in [2.75, 3.05) is 12.8 Å². The molecular formula is C16H27NS. The predicted molar refractivity (Wildman–Crippen MR) is 84.7 cm³/mol. The van der Waals surface area contributed by atoms with Crippen LogP contribution in [0.15, 0.2) is 12.1 Å². The molecule has 0 aliphatic heterocycles. The van der Waals surface area contributed by atoms with Gasteiger partial charge in [0, 0.05) is 17.3 Å². The van der Waals surface area contributed by atoms with E-state index in [9.17, 15) is 0 Å². The summed E-state index contributed by atoms with van der Waals surface area (Å²) in [7, 11) is 0. The Balaban J connectivity index is 2.82. The Labute approximate surface area is 117 Å². The van der Waals surface area contributed by atoms with E-state index in [1.165, 1.54) is 22.3 Å². The highest BCUT2D eigenvalue weighted by Gasteiger charge is 2.18. The van der Waals surface area contributed by atoms with Crippen molar-refractivity contribution < 1.29 is 0 Å². The van der Waals surface area contributed by atoms with E-state index in [0.29, 0.717) is 10.8 Å². The summed E-state index contributed by atoms with van der Waals surface area (Å²) in [5.74, 6) is 0. The van der Waals surface area contributed by atoms with Gasteiger partial charge in [0.2, 0.25) is 0 Å². The molecule has 0 radical (unpaired) electrons. The van der Waals surface area contributed by atoms with Crippen LogP contribution in [0.2, 0.25) is 0 Å². The van der Waals surface area contributed by atoms with Crippen molar-refractivity contribution in [3.63, 3.8) is 0 Å². The summed E-state index contributed by atoms with van der Waals surface area (Å²) in [4.78, 5) is 0. The van der Waals surface area contributed by atoms with Gasteiger partial charge in [0.15, 0.2) is 0 Å². The molecule has 0 amide bonds. The molecule has 1 unspecified atom stereocenters. The van der Waals surface area contributed by atoms with Crippen LogP contribution in [0, 0.1) is 20.8 Å². The molecule has 0 saturated heterocycles. The Morgan fingerprint density at radius 1 is 1.17 bits per heavy atom. The van der Waals surface area contributed by atoms with E-state index in [1.807, 2.05) is 11.8 Å². The number of nitrogens with one attached hydrogen (secondary N) is 1. The molecule has 1 aromatic carbocycles. The van der Waals surface area contributed by atoms with Crippen LogP contribution in [0.1, 0.15) is 49.1 Å². The van der Waals surface area contributed by atoms with Crippen molar-refractivity contribution in [2.24, 2.45) is 0 Å². The maximum Gasteiger partial charge on any atom is 0.0297 e. The summed E-state index contributed by atoms with van der Waals surface area (Å²) < 4.78 is 0.292. The van der Waals surface area contributed by atoms with Crippen LogP contribution in [0.5, 0.6) is 0 Å². The average molecular weight is 265 g/mol. The zero-order valence-corrected chi connectivity index (χ0v) is 13.7. The smallest absolute Gasteiger partial charge is 0.0297 e. The lowest BCUT2D eigenvalue weighted by molar-refractivity contribution is 0.519. The second-order valence-electron chi connectivity index (χ2n) is 5.88. The lowest BCUT2D eigenvalue weighted by atomic mass is 9.94. The van der Waals surface area contributed by atoms with Gasteiger partial charge in [-0.3, -0.25) is 0 Å². The number of hydrogen-bond acceptors (Lipinski definition) is 2. The molecular weight excluding hydrogens is 238 g/mol.